The lowest BCUT2D eigenvalue weighted by atomic mass is 9.65. The van der Waals surface area contributed by atoms with Crippen LogP contribution in [0.4, 0.5) is 4.79 Å². The van der Waals surface area contributed by atoms with E-state index in [9.17, 15) is 14.4 Å². The number of aromatic nitrogens is 2. The van der Waals surface area contributed by atoms with Crippen LogP contribution < -0.4 is 10.6 Å². The van der Waals surface area contributed by atoms with Crippen LogP contribution in [0.25, 0.3) is 11.5 Å². The Bertz CT molecular complexity index is 1240. The first-order valence-corrected chi connectivity index (χ1v) is 13.4. The van der Waals surface area contributed by atoms with Gasteiger partial charge in [0.25, 0.3) is 5.91 Å². The molecule has 0 fully saturated rings. The van der Waals surface area contributed by atoms with Gasteiger partial charge >= 0.3 is 6.09 Å². The van der Waals surface area contributed by atoms with Crippen molar-refractivity contribution in [1.29, 1.82) is 0 Å². The highest BCUT2D eigenvalue weighted by Crippen LogP contribution is 2.39. The lowest BCUT2D eigenvalue weighted by Crippen LogP contribution is -2.67. The van der Waals surface area contributed by atoms with Crippen molar-refractivity contribution < 1.29 is 23.5 Å². The fourth-order valence-corrected chi connectivity index (χ4v) is 4.67. The molecule has 1 heterocycles. The average molecular weight is 535 g/mol. The minimum atomic E-state index is -1.73. The smallest absolute Gasteiger partial charge is 0.407 e. The van der Waals surface area contributed by atoms with Crippen molar-refractivity contribution in [3.8, 4) is 11.5 Å². The van der Waals surface area contributed by atoms with Crippen LogP contribution in [0, 0.1) is 5.41 Å². The van der Waals surface area contributed by atoms with Crippen LogP contribution in [0.2, 0.25) is 0 Å². The van der Waals surface area contributed by atoms with E-state index in [2.05, 4.69) is 20.8 Å². The van der Waals surface area contributed by atoms with Gasteiger partial charge in [0.2, 0.25) is 17.6 Å². The van der Waals surface area contributed by atoms with Crippen LogP contribution in [-0.2, 0) is 20.7 Å². The Kier molecular flexibility index (Phi) is 9.98. The molecular formula is C30H38N4O5. The van der Waals surface area contributed by atoms with Crippen LogP contribution in [-0.4, -0.2) is 40.1 Å². The first kappa shape index (κ1) is 29.5. The van der Waals surface area contributed by atoms with Crippen molar-refractivity contribution >= 4 is 17.8 Å². The summed E-state index contributed by atoms with van der Waals surface area (Å²) >= 11 is 0. The van der Waals surface area contributed by atoms with Gasteiger partial charge in [-0.2, -0.15) is 0 Å². The van der Waals surface area contributed by atoms with Crippen LogP contribution in [0.3, 0.4) is 0 Å². The standard InChI is InChI=1S/C30H38N4O5/c1-6-18-29(4,5)30(32-28(37)38-19-7-2,20-24-33-34-27(39-24)23-16-12-9-13-17-23)25(35)26(36)31-21(3)22-14-10-8-11-15-22/h8-17,21H,6-7,18-20H2,1-5H3,(H,31,36)(H,32,37)/t21-,30+/m1/s1. The normalized spacial score (nSPS) is 13.7. The first-order valence-electron chi connectivity index (χ1n) is 13.4. The van der Waals surface area contributed by atoms with E-state index in [0.717, 1.165) is 5.56 Å². The summed E-state index contributed by atoms with van der Waals surface area (Å²) in [6, 6.07) is 18.1. The highest BCUT2D eigenvalue weighted by Gasteiger charge is 2.55. The molecule has 0 aliphatic rings. The zero-order valence-electron chi connectivity index (χ0n) is 23.3. The molecule has 3 rings (SSSR count). The van der Waals surface area contributed by atoms with Crippen molar-refractivity contribution in [1.82, 2.24) is 20.8 Å². The molecule has 0 saturated carbocycles. The molecule has 2 N–H and O–H groups in total. The zero-order valence-corrected chi connectivity index (χ0v) is 23.3. The van der Waals surface area contributed by atoms with Gasteiger partial charge in [0, 0.05) is 5.56 Å². The average Bonchev–Trinajstić information content (AvgIpc) is 3.40. The van der Waals surface area contributed by atoms with Gasteiger partial charge in [-0.25, -0.2) is 4.79 Å². The van der Waals surface area contributed by atoms with E-state index in [1.165, 1.54) is 0 Å². The third kappa shape index (κ3) is 7.10. The SMILES string of the molecule is CCCOC(=O)N[C@@](Cc1nnc(-c2ccccc2)o1)(C(=O)C(=O)N[C@H](C)c1ccccc1)C(C)(C)CCC. The summed E-state index contributed by atoms with van der Waals surface area (Å²) in [5.41, 5.74) is -1.06. The Hall–Kier alpha value is -4.01. The second kappa shape index (κ2) is 13.2. The Morgan fingerprint density at radius 2 is 1.59 bits per heavy atom. The van der Waals surface area contributed by atoms with E-state index >= 15 is 0 Å². The Labute approximate surface area is 229 Å². The summed E-state index contributed by atoms with van der Waals surface area (Å²) in [4.78, 5) is 40.7. The van der Waals surface area contributed by atoms with Crippen molar-refractivity contribution in [3.05, 3.63) is 72.1 Å². The quantitative estimate of drug-likeness (QED) is 0.280. The summed E-state index contributed by atoms with van der Waals surface area (Å²) in [6.45, 7) is 9.50. The molecule has 0 unspecified atom stereocenters. The number of hydrogen-bond acceptors (Lipinski definition) is 7. The molecular weight excluding hydrogens is 496 g/mol. The Morgan fingerprint density at radius 3 is 2.21 bits per heavy atom. The number of ether oxygens (including phenoxy) is 1. The van der Waals surface area contributed by atoms with Gasteiger partial charge in [0.15, 0.2) is 0 Å². The summed E-state index contributed by atoms with van der Waals surface area (Å²) in [5, 5.41) is 13.9. The Balaban J connectivity index is 2.03. The predicted molar refractivity (Wildman–Crippen MR) is 148 cm³/mol. The molecule has 0 aliphatic heterocycles. The third-order valence-corrected chi connectivity index (χ3v) is 6.93. The number of benzene rings is 2. The molecule has 1 aromatic heterocycles. The molecule has 2 amide bonds. The van der Waals surface area contributed by atoms with Crippen LogP contribution in [0.5, 0.6) is 0 Å². The van der Waals surface area contributed by atoms with Crippen LogP contribution in [0.15, 0.2) is 65.1 Å². The largest absolute Gasteiger partial charge is 0.450 e. The van der Waals surface area contributed by atoms with Crippen molar-refractivity contribution in [2.24, 2.45) is 5.41 Å². The van der Waals surface area contributed by atoms with E-state index in [4.69, 9.17) is 9.15 Å². The second-order valence-corrected chi connectivity index (χ2v) is 10.3. The topological polar surface area (TPSA) is 123 Å². The molecule has 0 spiro atoms. The van der Waals surface area contributed by atoms with Gasteiger partial charge in [-0.15, -0.1) is 10.2 Å². The lowest BCUT2D eigenvalue weighted by Gasteiger charge is -2.44. The number of carbonyl (C=O) groups excluding carboxylic acids is 3. The molecule has 0 radical (unpaired) electrons. The maximum atomic E-state index is 14.2. The molecule has 3 aromatic rings. The summed E-state index contributed by atoms with van der Waals surface area (Å²) in [7, 11) is 0. The number of Topliss-reactive ketones (excluding diaryl/α,β-unsaturated/α-hetero) is 1. The van der Waals surface area contributed by atoms with Gasteiger partial charge < -0.3 is 19.8 Å². The number of nitrogens with one attached hydrogen (secondary N) is 2. The molecule has 0 bridgehead atoms. The highest BCUT2D eigenvalue weighted by molar-refractivity contribution is 6.40. The molecule has 0 saturated heterocycles. The Morgan fingerprint density at radius 1 is 0.949 bits per heavy atom. The maximum Gasteiger partial charge on any atom is 0.407 e. The van der Waals surface area contributed by atoms with Crippen LogP contribution in [0.1, 0.15) is 71.4 Å². The molecule has 2 aromatic carbocycles. The number of carbonyl (C=O) groups is 3. The molecule has 208 valence electrons. The number of alkyl carbamates (subject to hydrolysis) is 1. The molecule has 9 nitrogen and oxygen atoms in total. The minimum Gasteiger partial charge on any atom is -0.450 e. The number of nitrogens with zero attached hydrogens (tertiary/aromatic N) is 2. The number of amides is 2. The summed E-state index contributed by atoms with van der Waals surface area (Å²) in [6.07, 6.45) is 0.850. The predicted octanol–water partition coefficient (Wildman–Crippen LogP) is 5.43. The van der Waals surface area contributed by atoms with E-state index in [1.54, 1.807) is 6.92 Å². The summed E-state index contributed by atoms with van der Waals surface area (Å²) < 4.78 is 11.3. The maximum absolute atomic E-state index is 14.2. The van der Waals surface area contributed by atoms with Crippen molar-refractivity contribution in [3.63, 3.8) is 0 Å². The first-order chi connectivity index (χ1) is 18.6. The van der Waals surface area contributed by atoms with Gasteiger partial charge in [-0.1, -0.05) is 82.6 Å². The van der Waals surface area contributed by atoms with Gasteiger partial charge in [-0.05, 0) is 42.9 Å². The third-order valence-electron chi connectivity index (χ3n) is 6.93. The van der Waals surface area contributed by atoms with E-state index < -0.39 is 34.8 Å². The molecule has 2 atom stereocenters. The minimum absolute atomic E-state index is 0.117. The monoisotopic (exact) mass is 534 g/mol. The fraction of sp³-hybridized carbons (Fsp3) is 0.433. The van der Waals surface area contributed by atoms with E-state index in [0.29, 0.717) is 24.8 Å². The summed E-state index contributed by atoms with van der Waals surface area (Å²) in [5.74, 6) is -1.24. The number of hydrogen-bond donors (Lipinski definition) is 2. The van der Waals surface area contributed by atoms with E-state index in [1.807, 2.05) is 88.4 Å². The number of rotatable bonds is 13. The van der Waals surface area contributed by atoms with Crippen molar-refractivity contribution in [2.45, 2.75) is 71.9 Å². The second-order valence-electron chi connectivity index (χ2n) is 10.3. The van der Waals surface area contributed by atoms with E-state index in [-0.39, 0.29) is 24.8 Å². The fourth-order valence-electron chi connectivity index (χ4n) is 4.67. The molecule has 39 heavy (non-hydrogen) atoms. The number of ketones is 1. The highest BCUT2D eigenvalue weighted by atomic mass is 16.5. The zero-order chi connectivity index (χ0) is 28.5. The molecule has 0 aliphatic carbocycles. The van der Waals surface area contributed by atoms with Gasteiger partial charge in [0.05, 0.1) is 19.1 Å². The lowest BCUT2D eigenvalue weighted by molar-refractivity contribution is -0.145. The van der Waals surface area contributed by atoms with Crippen LogP contribution >= 0.6 is 0 Å². The van der Waals surface area contributed by atoms with Gasteiger partial charge in [-0.3, -0.25) is 9.59 Å². The molecule has 9 heteroatoms. The van der Waals surface area contributed by atoms with Gasteiger partial charge in [0.1, 0.15) is 5.54 Å². The van der Waals surface area contributed by atoms with Crippen molar-refractivity contribution in [2.75, 3.05) is 6.61 Å².